The first-order valence-corrected chi connectivity index (χ1v) is 4.51. The molecule has 0 radical (unpaired) electrons. The van der Waals surface area contributed by atoms with Gasteiger partial charge in [0.15, 0.2) is 0 Å². The summed E-state index contributed by atoms with van der Waals surface area (Å²) >= 11 is 0. The van der Waals surface area contributed by atoms with Crippen LogP contribution in [-0.2, 0) is 9.53 Å². The van der Waals surface area contributed by atoms with Gasteiger partial charge in [0.2, 0.25) is 0 Å². The fourth-order valence-electron chi connectivity index (χ4n) is 1.29. The monoisotopic (exact) mass is 224 g/mol. The predicted octanol–water partition coefficient (Wildman–Crippen LogP) is -0.585. The van der Waals surface area contributed by atoms with Crippen LogP contribution in [0, 0.1) is 0 Å². The van der Waals surface area contributed by atoms with Gasteiger partial charge in [0.05, 0.1) is 6.61 Å². The minimum absolute atomic E-state index is 0. The Morgan fingerprint density at radius 2 is 2.07 bits per heavy atom. The molecule has 0 aromatic rings. The zero-order valence-corrected chi connectivity index (χ0v) is 8.89. The van der Waals surface area contributed by atoms with E-state index in [4.69, 9.17) is 9.84 Å². The molecule has 0 aromatic carbocycles. The van der Waals surface area contributed by atoms with E-state index in [1.54, 1.807) is 0 Å². The van der Waals surface area contributed by atoms with E-state index in [2.05, 4.69) is 10.2 Å². The molecule has 1 aliphatic heterocycles. The summed E-state index contributed by atoms with van der Waals surface area (Å²) in [5.41, 5.74) is 0. The highest BCUT2D eigenvalue weighted by Crippen LogP contribution is 1.91. The highest BCUT2D eigenvalue weighted by molar-refractivity contribution is 5.85. The minimum Gasteiger partial charge on any atom is -0.480 e. The molecule has 5 nitrogen and oxygen atoms in total. The quantitative estimate of drug-likeness (QED) is 0.612. The highest BCUT2D eigenvalue weighted by atomic mass is 35.5. The number of carbonyl (C=O) groups is 1. The molecule has 2 N–H and O–H groups in total. The molecule has 0 aromatic heterocycles. The van der Waals surface area contributed by atoms with Crippen molar-refractivity contribution >= 4 is 18.4 Å². The van der Waals surface area contributed by atoms with Crippen LogP contribution in [0.2, 0.25) is 0 Å². The van der Waals surface area contributed by atoms with Gasteiger partial charge < -0.3 is 15.2 Å². The van der Waals surface area contributed by atoms with Gasteiger partial charge in [0.25, 0.3) is 0 Å². The second-order valence-electron chi connectivity index (χ2n) is 3.04. The maximum absolute atomic E-state index is 10.1. The van der Waals surface area contributed by atoms with Crippen LogP contribution in [0.4, 0.5) is 0 Å². The van der Waals surface area contributed by atoms with Gasteiger partial charge in [-0.3, -0.25) is 4.90 Å². The summed E-state index contributed by atoms with van der Waals surface area (Å²) in [4.78, 5) is 12.4. The lowest BCUT2D eigenvalue weighted by molar-refractivity contribution is -0.142. The lowest BCUT2D eigenvalue weighted by Gasteiger charge is -2.26. The Morgan fingerprint density at radius 3 is 2.64 bits per heavy atom. The van der Waals surface area contributed by atoms with Crippen molar-refractivity contribution in [2.75, 3.05) is 45.9 Å². The van der Waals surface area contributed by atoms with Gasteiger partial charge in [-0.05, 0) is 0 Å². The first kappa shape index (κ1) is 13.6. The normalized spacial score (nSPS) is 17.4. The van der Waals surface area contributed by atoms with E-state index in [1.807, 2.05) is 0 Å². The summed E-state index contributed by atoms with van der Waals surface area (Å²) < 4.78 is 4.94. The average Bonchev–Trinajstić information content (AvgIpc) is 2.14. The first-order chi connectivity index (χ1) is 6.29. The summed E-state index contributed by atoms with van der Waals surface area (Å²) in [5.74, 6) is -0.902. The maximum atomic E-state index is 10.1. The second kappa shape index (κ2) is 7.99. The van der Waals surface area contributed by atoms with Gasteiger partial charge in [-0.1, -0.05) is 0 Å². The third-order valence-electron chi connectivity index (χ3n) is 1.99. The molecule has 0 aliphatic carbocycles. The molecule has 0 spiro atoms. The van der Waals surface area contributed by atoms with Crippen LogP contribution in [0.3, 0.4) is 0 Å². The Morgan fingerprint density at radius 1 is 1.43 bits per heavy atom. The molecular weight excluding hydrogens is 208 g/mol. The van der Waals surface area contributed by atoms with E-state index in [9.17, 15) is 4.79 Å². The van der Waals surface area contributed by atoms with Gasteiger partial charge in [0, 0.05) is 32.7 Å². The van der Waals surface area contributed by atoms with Crippen molar-refractivity contribution in [1.29, 1.82) is 0 Å². The van der Waals surface area contributed by atoms with Crippen molar-refractivity contribution in [1.82, 2.24) is 10.2 Å². The fraction of sp³-hybridized carbons (Fsp3) is 0.875. The third kappa shape index (κ3) is 6.15. The Balaban J connectivity index is 0.00000169. The number of hydrogen-bond donors (Lipinski definition) is 2. The molecule has 0 unspecified atom stereocenters. The van der Waals surface area contributed by atoms with E-state index in [-0.39, 0.29) is 19.0 Å². The molecule has 1 fully saturated rings. The summed E-state index contributed by atoms with van der Waals surface area (Å²) in [6.07, 6.45) is 0. The van der Waals surface area contributed by atoms with Crippen LogP contribution in [0.15, 0.2) is 0 Å². The number of aliphatic carboxylic acids is 1. The fourth-order valence-corrected chi connectivity index (χ4v) is 1.29. The Labute approximate surface area is 89.8 Å². The zero-order valence-electron chi connectivity index (χ0n) is 8.07. The molecule has 0 atom stereocenters. The Kier molecular flexibility index (Phi) is 7.78. The molecule has 1 heterocycles. The lowest BCUT2D eigenvalue weighted by atomic mass is 10.4. The Hall–Kier alpha value is -0.360. The number of hydrogen-bond acceptors (Lipinski definition) is 4. The number of piperazine rings is 1. The van der Waals surface area contributed by atoms with Gasteiger partial charge in [0.1, 0.15) is 6.61 Å². The number of carboxylic acid groups (broad SMARTS) is 1. The van der Waals surface area contributed by atoms with Crippen molar-refractivity contribution in [3.63, 3.8) is 0 Å². The Bertz CT molecular complexity index is 163. The molecule has 14 heavy (non-hydrogen) atoms. The van der Waals surface area contributed by atoms with E-state index >= 15 is 0 Å². The molecule has 6 heteroatoms. The van der Waals surface area contributed by atoms with Crippen LogP contribution in [0.5, 0.6) is 0 Å². The highest BCUT2D eigenvalue weighted by Gasteiger charge is 2.08. The van der Waals surface area contributed by atoms with Gasteiger partial charge in [-0.15, -0.1) is 12.4 Å². The molecule has 1 saturated heterocycles. The largest absolute Gasteiger partial charge is 0.480 e. The molecule has 1 rings (SSSR count). The van der Waals surface area contributed by atoms with Crippen molar-refractivity contribution in [3.05, 3.63) is 0 Å². The van der Waals surface area contributed by atoms with Gasteiger partial charge in [-0.2, -0.15) is 0 Å². The number of nitrogens with one attached hydrogen (secondary N) is 1. The van der Waals surface area contributed by atoms with Crippen molar-refractivity contribution < 1.29 is 14.6 Å². The van der Waals surface area contributed by atoms with E-state index in [1.165, 1.54) is 0 Å². The summed E-state index contributed by atoms with van der Waals surface area (Å²) in [7, 11) is 0. The second-order valence-corrected chi connectivity index (χ2v) is 3.04. The van der Waals surface area contributed by atoms with Crippen LogP contribution >= 0.6 is 12.4 Å². The van der Waals surface area contributed by atoms with E-state index < -0.39 is 5.97 Å². The predicted molar refractivity (Wildman–Crippen MR) is 55.0 cm³/mol. The number of carboxylic acids is 1. The SMILES string of the molecule is Cl.O=C(O)COCCN1CCNCC1. The summed E-state index contributed by atoms with van der Waals surface area (Å²) in [6, 6.07) is 0. The zero-order chi connectivity index (χ0) is 9.52. The van der Waals surface area contributed by atoms with Crippen molar-refractivity contribution in [2.24, 2.45) is 0 Å². The molecule has 84 valence electrons. The smallest absolute Gasteiger partial charge is 0.329 e. The summed E-state index contributed by atoms with van der Waals surface area (Å²) in [5, 5.41) is 11.5. The van der Waals surface area contributed by atoms with Gasteiger partial charge >= 0.3 is 5.97 Å². The molecule has 1 aliphatic rings. The minimum atomic E-state index is -0.902. The third-order valence-corrected chi connectivity index (χ3v) is 1.99. The lowest BCUT2D eigenvalue weighted by Crippen LogP contribution is -2.44. The van der Waals surface area contributed by atoms with Crippen LogP contribution < -0.4 is 5.32 Å². The van der Waals surface area contributed by atoms with E-state index in [0.717, 1.165) is 32.7 Å². The van der Waals surface area contributed by atoms with E-state index in [0.29, 0.717) is 6.61 Å². The van der Waals surface area contributed by atoms with Crippen molar-refractivity contribution in [2.45, 2.75) is 0 Å². The molecule has 0 saturated carbocycles. The van der Waals surface area contributed by atoms with Crippen LogP contribution in [-0.4, -0.2) is 61.9 Å². The molecular formula is C8H17ClN2O3. The van der Waals surface area contributed by atoms with Gasteiger partial charge in [-0.25, -0.2) is 4.79 Å². The molecule has 0 amide bonds. The van der Waals surface area contributed by atoms with Crippen LogP contribution in [0.1, 0.15) is 0 Å². The van der Waals surface area contributed by atoms with Crippen LogP contribution in [0.25, 0.3) is 0 Å². The number of rotatable bonds is 5. The first-order valence-electron chi connectivity index (χ1n) is 4.51. The number of halogens is 1. The standard InChI is InChI=1S/C8H16N2O3.ClH/c11-8(12)7-13-6-5-10-3-1-9-2-4-10;/h9H,1-7H2,(H,11,12);1H. The number of nitrogens with zero attached hydrogens (tertiary/aromatic N) is 1. The maximum Gasteiger partial charge on any atom is 0.329 e. The number of ether oxygens (including phenoxy) is 1. The molecule has 0 bridgehead atoms. The van der Waals surface area contributed by atoms with Crippen molar-refractivity contribution in [3.8, 4) is 0 Å². The average molecular weight is 225 g/mol. The topological polar surface area (TPSA) is 61.8 Å². The summed E-state index contributed by atoms with van der Waals surface area (Å²) in [6.45, 7) is 5.22.